The van der Waals surface area contributed by atoms with E-state index in [4.69, 9.17) is 0 Å². The molecule has 0 saturated carbocycles. The highest BCUT2D eigenvalue weighted by Gasteiger charge is 2.10. The average Bonchev–Trinajstić information content (AvgIpc) is 2.86. The second-order valence-corrected chi connectivity index (χ2v) is 6.19. The fraction of sp³-hybridized carbons (Fsp3) is 0.167. The molecule has 0 saturated heterocycles. The molecule has 2 nitrogen and oxygen atoms in total. The van der Waals surface area contributed by atoms with E-state index in [-0.39, 0.29) is 5.78 Å². The van der Waals surface area contributed by atoms with E-state index in [2.05, 4.69) is 22.9 Å². The fourth-order valence-electron chi connectivity index (χ4n) is 2.48. The van der Waals surface area contributed by atoms with Crippen molar-refractivity contribution in [1.82, 2.24) is 4.57 Å². The third-order valence-electron chi connectivity index (χ3n) is 3.90. The number of carbonyl (C=O) groups excluding carboxylic acids is 1. The molecule has 0 bridgehead atoms. The summed E-state index contributed by atoms with van der Waals surface area (Å²) in [6.45, 7) is 4.46. The van der Waals surface area contributed by atoms with Crippen molar-refractivity contribution in [1.29, 1.82) is 0 Å². The molecule has 106 valence electrons. The number of benzene rings is 2. The minimum Gasteiger partial charge on any atom is -0.340 e. The molecule has 0 spiro atoms. The summed E-state index contributed by atoms with van der Waals surface area (Å²) in [4.78, 5) is 12.5. The maximum atomic E-state index is 12.5. The van der Waals surface area contributed by atoms with Gasteiger partial charge in [-0.15, -0.1) is 0 Å². The van der Waals surface area contributed by atoms with Gasteiger partial charge in [-0.25, -0.2) is 0 Å². The largest absolute Gasteiger partial charge is 0.340 e. The highest BCUT2D eigenvalue weighted by Crippen LogP contribution is 2.25. The quantitative estimate of drug-likeness (QED) is 0.620. The molecule has 0 aliphatic rings. The smallest absolute Gasteiger partial charge is 0.182 e. The SMILES string of the molecule is Cc1ccc(C(=O)Cn2ccc3c(Br)cccc32)cc1C. The van der Waals surface area contributed by atoms with Gasteiger partial charge in [0.2, 0.25) is 0 Å². The van der Waals surface area contributed by atoms with Crippen LogP contribution >= 0.6 is 15.9 Å². The Hall–Kier alpha value is -1.87. The fourth-order valence-corrected chi connectivity index (χ4v) is 2.97. The topological polar surface area (TPSA) is 22.0 Å². The molecule has 3 rings (SSSR count). The normalized spacial score (nSPS) is 11.0. The van der Waals surface area contributed by atoms with Crippen molar-refractivity contribution in [3.05, 3.63) is 69.8 Å². The monoisotopic (exact) mass is 341 g/mol. The summed E-state index contributed by atoms with van der Waals surface area (Å²) < 4.78 is 3.05. The van der Waals surface area contributed by atoms with Crippen LogP contribution in [0.25, 0.3) is 10.9 Å². The van der Waals surface area contributed by atoms with Gasteiger partial charge in [-0.2, -0.15) is 0 Å². The van der Waals surface area contributed by atoms with E-state index in [1.807, 2.05) is 60.2 Å². The first kappa shape index (κ1) is 14.1. The van der Waals surface area contributed by atoms with Crippen LogP contribution in [0.2, 0.25) is 0 Å². The zero-order valence-electron chi connectivity index (χ0n) is 12.1. The van der Waals surface area contributed by atoms with E-state index in [0.29, 0.717) is 6.54 Å². The standard InChI is InChI=1S/C18H16BrNO/c1-12-6-7-14(10-13(12)2)18(21)11-20-9-8-15-16(19)4-3-5-17(15)20/h3-10H,11H2,1-2H3. The van der Waals surface area contributed by atoms with Crippen molar-refractivity contribution in [2.45, 2.75) is 20.4 Å². The molecule has 2 aromatic carbocycles. The molecular weight excluding hydrogens is 326 g/mol. The summed E-state index contributed by atoms with van der Waals surface area (Å²) in [5.41, 5.74) is 4.21. The lowest BCUT2D eigenvalue weighted by atomic mass is 10.0. The second kappa shape index (κ2) is 5.49. The lowest BCUT2D eigenvalue weighted by Gasteiger charge is -2.07. The number of hydrogen-bond donors (Lipinski definition) is 0. The Morgan fingerprint density at radius 2 is 1.90 bits per heavy atom. The first-order valence-electron chi connectivity index (χ1n) is 6.90. The van der Waals surface area contributed by atoms with Gasteiger partial charge in [-0.3, -0.25) is 4.79 Å². The Balaban J connectivity index is 1.93. The van der Waals surface area contributed by atoms with Crippen molar-refractivity contribution in [3.63, 3.8) is 0 Å². The Kier molecular flexibility index (Phi) is 3.68. The predicted octanol–water partition coefficient (Wildman–Crippen LogP) is 4.90. The molecular formula is C18H16BrNO. The van der Waals surface area contributed by atoms with Crippen LogP contribution in [-0.4, -0.2) is 10.4 Å². The van der Waals surface area contributed by atoms with Crippen LogP contribution in [0.5, 0.6) is 0 Å². The maximum Gasteiger partial charge on any atom is 0.182 e. The van der Waals surface area contributed by atoms with Gasteiger partial charge < -0.3 is 4.57 Å². The third-order valence-corrected chi connectivity index (χ3v) is 4.59. The minimum absolute atomic E-state index is 0.135. The molecule has 0 aliphatic carbocycles. The van der Waals surface area contributed by atoms with Gasteiger partial charge in [0.05, 0.1) is 6.54 Å². The predicted molar refractivity (Wildman–Crippen MR) is 89.9 cm³/mol. The lowest BCUT2D eigenvalue weighted by molar-refractivity contribution is 0.0973. The van der Waals surface area contributed by atoms with Crippen molar-refractivity contribution < 1.29 is 4.79 Å². The summed E-state index contributed by atoms with van der Waals surface area (Å²) in [6, 6.07) is 14.0. The van der Waals surface area contributed by atoms with Crippen molar-refractivity contribution in [2.24, 2.45) is 0 Å². The third kappa shape index (κ3) is 2.66. The Morgan fingerprint density at radius 3 is 2.67 bits per heavy atom. The zero-order chi connectivity index (χ0) is 15.0. The summed E-state index contributed by atoms with van der Waals surface area (Å²) in [6.07, 6.45) is 1.97. The van der Waals surface area contributed by atoms with Gasteiger partial charge >= 0.3 is 0 Å². The summed E-state index contributed by atoms with van der Waals surface area (Å²) in [5, 5.41) is 1.13. The number of halogens is 1. The van der Waals surface area contributed by atoms with E-state index >= 15 is 0 Å². The molecule has 0 unspecified atom stereocenters. The van der Waals surface area contributed by atoms with Crippen molar-refractivity contribution >= 4 is 32.6 Å². The molecule has 21 heavy (non-hydrogen) atoms. The van der Waals surface area contributed by atoms with Crippen molar-refractivity contribution in [2.75, 3.05) is 0 Å². The van der Waals surface area contributed by atoms with Gasteiger partial charge in [0, 0.05) is 27.1 Å². The number of hydrogen-bond acceptors (Lipinski definition) is 1. The molecule has 0 fully saturated rings. The number of fused-ring (bicyclic) bond motifs is 1. The van der Waals surface area contributed by atoms with Crippen LogP contribution in [0.15, 0.2) is 53.1 Å². The van der Waals surface area contributed by atoms with Crippen molar-refractivity contribution in [3.8, 4) is 0 Å². The summed E-state index contributed by atoms with van der Waals surface area (Å²) >= 11 is 3.54. The van der Waals surface area contributed by atoms with Gasteiger partial charge in [0.15, 0.2) is 5.78 Å². The van der Waals surface area contributed by atoms with Crippen LogP contribution < -0.4 is 0 Å². The van der Waals surface area contributed by atoms with Crippen LogP contribution in [-0.2, 0) is 6.54 Å². The number of carbonyl (C=O) groups is 1. The van der Waals surface area contributed by atoms with E-state index in [0.717, 1.165) is 26.5 Å². The van der Waals surface area contributed by atoms with Gasteiger partial charge in [-0.1, -0.05) is 34.1 Å². The molecule has 0 radical (unpaired) electrons. The lowest BCUT2D eigenvalue weighted by Crippen LogP contribution is -2.09. The van der Waals surface area contributed by atoms with Crippen LogP contribution in [0.1, 0.15) is 21.5 Å². The maximum absolute atomic E-state index is 12.5. The molecule has 0 amide bonds. The van der Waals surface area contributed by atoms with Crippen LogP contribution in [0.3, 0.4) is 0 Å². The number of Topliss-reactive ketones (excluding diaryl/α,β-unsaturated/α-hetero) is 1. The van der Waals surface area contributed by atoms with Crippen LogP contribution in [0.4, 0.5) is 0 Å². The van der Waals surface area contributed by atoms with Gasteiger partial charge in [0.1, 0.15) is 0 Å². The molecule has 0 N–H and O–H groups in total. The van der Waals surface area contributed by atoms with Gasteiger partial charge in [-0.05, 0) is 49.2 Å². The highest BCUT2D eigenvalue weighted by molar-refractivity contribution is 9.10. The van der Waals surface area contributed by atoms with Crippen LogP contribution in [0, 0.1) is 13.8 Å². The first-order valence-corrected chi connectivity index (χ1v) is 7.69. The molecule has 3 aromatic rings. The average molecular weight is 342 g/mol. The summed E-state index contributed by atoms with van der Waals surface area (Å²) in [7, 11) is 0. The minimum atomic E-state index is 0.135. The Bertz CT molecular complexity index is 832. The van der Waals surface area contributed by atoms with E-state index in [1.54, 1.807) is 0 Å². The van der Waals surface area contributed by atoms with Gasteiger partial charge in [0.25, 0.3) is 0 Å². The molecule has 3 heteroatoms. The second-order valence-electron chi connectivity index (χ2n) is 5.34. The number of rotatable bonds is 3. The molecule has 1 aromatic heterocycles. The number of aryl methyl sites for hydroxylation is 2. The summed E-state index contributed by atoms with van der Waals surface area (Å²) in [5.74, 6) is 0.135. The van der Waals surface area contributed by atoms with E-state index in [9.17, 15) is 4.79 Å². The number of nitrogens with zero attached hydrogens (tertiary/aromatic N) is 1. The number of ketones is 1. The number of aromatic nitrogens is 1. The zero-order valence-corrected chi connectivity index (χ0v) is 13.6. The first-order chi connectivity index (χ1) is 10.1. The molecule has 0 atom stereocenters. The Morgan fingerprint density at radius 1 is 1.10 bits per heavy atom. The van der Waals surface area contributed by atoms with E-state index in [1.165, 1.54) is 5.56 Å². The Labute approximate surface area is 132 Å². The molecule has 0 aliphatic heterocycles. The highest BCUT2D eigenvalue weighted by atomic mass is 79.9. The molecule has 1 heterocycles. The van der Waals surface area contributed by atoms with E-state index < -0.39 is 0 Å².